The molecule has 4 rings (SSSR count). The van der Waals surface area contributed by atoms with Crippen LogP contribution in [0.2, 0.25) is 0 Å². The van der Waals surface area contributed by atoms with Gasteiger partial charge in [-0.2, -0.15) is 10.2 Å². The minimum absolute atomic E-state index is 0.206. The summed E-state index contributed by atoms with van der Waals surface area (Å²) in [7, 11) is 0. The molecule has 1 aromatic carbocycles. The van der Waals surface area contributed by atoms with Crippen molar-refractivity contribution < 1.29 is 14.6 Å². The van der Waals surface area contributed by atoms with Crippen molar-refractivity contribution in [3.8, 4) is 11.9 Å². The van der Waals surface area contributed by atoms with E-state index in [2.05, 4.69) is 16.0 Å². The lowest BCUT2D eigenvalue weighted by atomic mass is 10.1. The smallest absolute Gasteiger partial charge is 0.260 e. The normalized spacial score (nSPS) is 14.6. The molecular weight excluding hydrogens is 404 g/mol. The lowest BCUT2D eigenvalue weighted by Gasteiger charge is -2.29. The number of nitrogen functional groups attached to an aromatic ring is 1. The van der Waals surface area contributed by atoms with Gasteiger partial charge < -0.3 is 26.2 Å². The largest absolute Gasteiger partial charge is 0.472 e. The van der Waals surface area contributed by atoms with E-state index in [0.29, 0.717) is 47.7 Å². The standard InChI is InChI=1S/C20H20N6O3S/c21-9-11-1-3-12(4-2-11)10-29-18-14-15(22)16(17(23)28)30-19(14)25-20(24-18)26-7-5-13(27)6-8-26/h1-4,13,27H,5-8,10,22H2,(H2,23,28). The van der Waals surface area contributed by atoms with Crippen molar-refractivity contribution in [3.05, 3.63) is 40.3 Å². The molecule has 2 aromatic heterocycles. The van der Waals surface area contributed by atoms with Crippen LogP contribution in [0.3, 0.4) is 0 Å². The summed E-state index contributed by atoms with van der Waals surface area (Å²) < 4.78 is 5.97. The second kappa shape index (κ2) is 8.14. The number of nitriles is 1. The Balaban J connectivity index is 1.70. The van der Waals surface area contributed by atoms with E-state index < -0.39 is 5.91 Å². The Bertz CT molecular complexity index is 1130. The van der Waals surface area contributed by atoms with E-state index in [1.807, 2.05) is 4.90 Å². The van der Waals surface area contributed by atoms with Gasteiger partial charge in [-0.05, 0) is 30.5 Å². The molecule has 0 atom stereocenters. The number of hydrogen-bond acceptors (Lipinski definition) is 9. The summed E-state index contributed by atoms with van der Waals surface area (Å²) in [6.07, 6.45) is 0.931. The minimum atomic E-state index is -0.629. The van der Waals surface area contributed by atoms with Gasteiger partial charge in [-0.15, -0.1) is 11.3 Å². The van der Waals surface area contributed by atoms with Crippen molar-refractivity contribution in [3.63, 3.8) is 0 Å². The predicted molar refractivity (Wildman–Crippen MR) is 113 cm³/mol. The predicted octanol–water partition coefficient (Wildman–Crippen LogP) is 1.78. The highest BCUT2D eigenvalue weighted by molar-refractivity contribution is 7.21. The maximum absolute atomic E-state index is 11.8. The zero-order chi connectivity index (χ0) is 21.3. The van der Waals surface area contributed by atoms with E-state index in [1.54, 1.807) is 24.3 Å². The van der Waals surface area contributed by atoms with Crippen LogP contribution >= 0.6 is 11.3 Å². The molecule has 154 valence electrons. The van der Waals surface area contributed by atoms with Crippen LogP contribution in [0, 0.1) is 11.3 Å². The number of fused-ring (bicyclic) bond motifs is 1. The molecule has 0 unspecified atom stereocenters. The monoisotopic (exact) mass is 424 g/mol. The summed E-state index contributed by atoms with van der Waals surface area (Å²) in [5.74, 6) is 0.101. The number of hydrogen-bond donors (Lipinski definition) is 3. The fraction of sp³-hybridized carbons (Fsp3) is 0.300. The van der Waals surface area contributed by atoms with E-state index in [0.717, 1.165) is 16.9 Å². The Labute approximate surface area is 176 Å². The fourth-order valence-electron chi connectivity index (χ4n) is 3.30. The summed E-state index contributed by atoms with van der Waals surface area (Å²) in [5, 5.41) is 19.2. The SMILES string of the molecule is N#Cc1ccc(COc2nc(N3CCC(O)CC3)nc3sc(C(N)=O)c(N)c23)cc1. The van der Waals surface area contributed by atoms with Gasteiger partial charge in [0.2, 0.25) is 11.8 Å². The van der Waals surface area contributed by atoms with Crippen LogP contribution < -0.4 is 21.1 Å². The van der Waals surface area contributed by atoms with Gasteiger partial charge in [0.1, 0.15) is 16.3 Å². The number of piperidine rings is 1. The third kappa shape index (κ3) is 3.85. The van der Waals surface area contributed by atoms with Gasteiger partial charge in [0.05, 0.1) is 28.8 Å². The van der Waals surface area contributed by atoms with Crippen LogP contribution in [0.15, 0.2) is 24.3 Å². The number of amides is 1. The second-order valence-electron chi connectivity index (χ2n) is 7.03. The summed E-state index contributed by atoms with van der Waals surface area (Å²) >= 11 is 1.11. The molecule has 9 nitrogen and oxygen atoms in total. The summed E-state index contributed by atoms with van der Waals surface area (Å²) in [6, 6.07) is 9.10. The van der Waals surface area contributed by atoms with Gasteiger partial charge in [-0.25, -0.2) is 4.98 Å². The lowest BCUT2D eigenvalue weighted by molar-refractivity contribution is 0.100. The van der Waals surface area contributed by atoms with Gasteiger partial charge in [0.25, 0.3) is 5.91 Å². The third-order valence-corrected chi connectivity index (χ3v) is 6.09. The van der Waals surface area contributed by atoms with Crippen molar-refractivity contribution >= 4 is 39.1 Å². The quantitative estimate of drug-likeness (QED) is 0.560. The molecule has 1 saturated heterocycles. The summed E-state index contributed by atoms with van der Waals surface area (Å²) in [6.45, 7) is 1.44. The van der Waals surface area contributed by atoms with Gasteiger partial charge >= 0.3 is 0 Å². The molecule has 5 N–H and O–H groups in total. The van der Waals surface area contributed by atoms with Crippen molar-refractivity contribution in [1.82, 2.24) is 9.97 Å². The Morgan fingerprint density at radius 1 is 1.30 bits per heavy atom. The van der Waals surface area contributed by atoms with Crippen LogP contribution in [-0.2, 0) is 6.61 Å². The fourth-order valence-corrected chi connectivity index (χ4v) is 4.23. The molecule has 1 aliphatic rings. The molecular formula is C20H20N6O3S. The number of anilines is 2. The van der Waals surface area contributed by atoms with Gasteiger partial charge in [-0.1, -0.05) is 12.1 Å². The molecule has 3 aromatic rings. The second-order valence-corrected chi connectivity index (χ2v) is 8.03. The van der Waals surface area contributed by atoms with Gasteiger partial charge in [-0.3, -0.25) is 4.79 Å². The zero-order valence-corrected chi connectivity index (χ0v) is 16.9. The zero-order valence-electron chi connectivity index (χ0n) is 16.0. The molecule has 0 radical (unpaired) electrons. The minimum Gasteiger partial charge on any atom is -0.472 e. The molecule has 0 bridgehead atoms. The number of rotatable bonds is 5. The number of aliphatic hydroxyl groups is 1. The first-order valence-electron chi connectivity index (χ1n) is 9.41. The number of ether oxygens (including phenoxy) is 1. The van der Waals surface area contributed by atoms with Crippen LogP contribution in [0.1, 0.15) is 33.6 Å². The molecule has 1 fully saturated rings. The number of primary amides is 1. The number of aromatic nitrogens is 2. The number of carbonyl (C=O) groups excluding carboxylic acids is 1. The first-order chi connectivity index (χ1) is 14.5. The molecule has 0 spiro atoms. The van der Waals surface area contributed by atoms with E-state index in [-0.39, 0.29) is 29.2 Å². The molecule has 0 aliphatic carbocycles. The van der Waals surface area contributed by atoms with Gasteiger partial charge in [0.15, 0.2) is 0 Å². The number of nitrogens with zero attached hydrogens (tertiary/aromatic N) is 4. The summed E-state index contributed by atoms with van der Waals surface area (Å²) in [5.41, 5.74) is 13.2. The van der Waals surface area contributed by atoms with Crippen LogP contribution in [0.5, 0.6) is 5.88 Å². The molecule has 30 heavy (non-hydrogen) atoms. The lowest BCUT2D eigenvalue weighted by Crippen LogP contribution is -2.36. The van der Waals surface area contributed by atoms with E-state index >= 15 is 0 Å². The molecule has 3 heterocycles. The highest BCUT2D eigenvalue weighted by atomic mass is 32.1. The topological polar surface area (TPSA) is 151 Å². The van der Waals surface area contributed by atoms with E-state index in [1.165, 1.54) is 0 Å². The van der Waals surface area contributed by atoms with Crippen molar-refractivity contribution in [2.24, 2.45) is 5.73 Å². The molecule has 10 heteroatoms. The molecule has 1 aliphatic heterocycles. The first kappa shape index (κ1) is 19.9. The van der Waals surface area contributed by atoms with Crippen molar-refractivity contribution in [1.29, 1.82) is 5.26 Å². The van der Waals surface area contributed by atoms with Crippen molar-refractivity contribution in [2.45, 2.75) is 25.6 Å². The maximum atomic E-state index is 11.8. The molecule has 0 saturated carbocycles. The summed E-state index contributed by atoms with van der Waals surface area (Å²) in [4.78, 5) is 23.6. The highest BCUT2D eigenvalue weighted by Crippen LogP contribution is 2.39. The number of aliphatic hydroxyl groups excluding tert-OH is 1. The Morgan fingerprint density at radius 2 is 2.00 bits per heavy atom. The average molecular weight is 424 g/mol. The number of carbonyl (C=O) groups is 1. The van der Waals surface area contributed by atoms with E-state index in [9.17, 15) is 9.90 Å². The third-order valence-electron chi connectivity index (χ3n) is 4.97. The highest BCUT2D eigenvalue weighted by Gasteiger charge is 2.25. The van der Waals surface area contributed by atoms with Crippen LogP contribution in [0.25, 0.3) is 10.2 Å². The molecule has 1 amide bonds. The Kier molecular flexibility index (Phi) is 5.39. The Morgan fingerprint density at radius 3 is 2.63 bits per heavy atom. The van der Waals surface area contributed by atoms with Crippen LogP contribution in [0.4, 0.5) is 11.6 Å². The van der Waals surface area contributed by atoms with Crippen LogP contribution in [-0.4, -0.2) is 40.2 Å². The van der Waals surface area contributed by atoms with E-state index in [4.69, 9.17) is 21.5 Å². The first-order valence-corrected chi connectivity index (χ1v) is 10.2. The number of benzene rings is 1. The number of thiophene rings is 1. The van der Waals surface area contributed by atoms with Crippen molar-refractivity contribution in [2.75, 3.05) is 23.7 Å². The number of nitrogens with two attached hydrogens (primary N) is 2. The maximum Gasteiger partial charge on any atom is 0.260 e. The van der Waals surface area contributed by atoms with Gasteiger partial charge in [0, 0.05) is 13.1 Å². The Hall–Kier alpha value is -3.42. The average Bonchev–Trinajstić information content (AvgIpc) is 3.10.